The SMILES string of the molecule is OC(Cc1cccc(F)c1Cl)c1ccc2c(c1)COC2. The monoisotopic (exact) mass is 292 g/mol. The van der Waals surface area contributed by atoms with Crippen LogP contribution in [0.2, 0.25) is 5.02 Å². The number of ether oxygens (including phenoxy) is 1. The maximum atomic E-state index is 13.4. The van der Waals surface area contributed by atoms with E-state index >= 15 is 0 Å². The summed E-state index contributed by atoms with van der Waals surface area (Å²) in [5.74, 6) is -0.460. The predicted molar refractivity (Wildman–Crippen MR) is 75.0 cm³/mol. The molecule has 1 heterocycles. The second-order valence-corrected chi connectivity index (χ2v) is 5.33. The quantitative estimate of drug-likeness (QED) is 0.933. The number of halogens is 2. The van der Waals surface area contributed by atoms with Crippen LogP contribution in [0.15, 0.2) is 36.4 Å². The minimum Gasteiger partial charge on any atom is -0.388 e. The fourth-order valence-corrected chi connectivity index (χ4v) is 2.63. The molecular formula is C16H14ClFO2. The summed E-state index contributed by atoms with van der Waals surface area (Å²) in [6.45, 7) is 1.21. The minimum absolute atomic E-state index is 0.0797. The third kappa shape index (κ3) is 2.57. The van der Waals surface area contributed by atoms with Gasteiger partial charge in [0.05, 0.1) is 24.3 Å². The van der Waals surface area contributed by atoms with Gasteiger partial charge in [-0.1, -0.05) is 41.9 Å². The Balaban J connectivity index is 1.82. The average molecular weight is 293 g/mol. The molecular weight excluding hydrogens is 279 g/mol. The Morgan fingerprint density at radius 2 is 2.00 bits per heavy atom. The number of aliphatic hydroxyl groups is 1. The van der Waals surface area contributed by atoms with Gasteiger partial charge in [-0.2, -0.15) is 0 Å². The summed E-state index contributed by atoms with van der Waals surface area (Å²) in [6, 6.07) is 10.4. The summed E-state index contributed by atoms with van der Waals surface area (Å²) in [6.07, 6.45) is -0.420. The van der Waals surface area contributed by atoms with E-state index in [-0.39, 0.29) is 11.4 Å². The zero-order chi connectivity index (χ0) is 14.1. The highest BCUT2D eigenvalue weighted by molar-refractivity contribution is 6.31. The lowest BCUT2D eigenvalue weighted by Crippen LogP contribution is -2.03. The van der Waals surface area contributed by atoms with Crippen LogP contribution in [0.1, 0.15) is 28.4 Å². The zero-order valence-electron chi connectivity index (χ0n) is 10.8. The van der Waals surface area contributed by atoms with Gasteiger partial charge in [0.15, 0.2) is 0 Å². The van der Waals surface area contributed by atoms with E-state index in [1.165, 1.54) is 6.07 Å². The number of fused-ring (bicyclic) bond motifs is 1. The Morgan fingerprint density at radius 1 is 1.20 bits per heavy atom. The van der Waals surface area contributed by atoms with Crippen LogP contribution in [0.5, 0.6) is 0 Å². The van der Waals surface area contributed by atoms with Crippen molar-refractivity contribution in [1.82, 2.24) is 0 Å². The number of aliphatic hydroxyl groups excluding tert-OH is 1. The molecule has 0 aromatic heterocycles. The standard InChI is InChI=1S/C16H14ClFO2/c17-16-11(2-1-3-14(16)18)7-15(19)10-4-5-12-8-20-9-13(12)6-10/h1-6,15,19H,7-9H2. The molecule has 0 saturated carbocycles. The number of hydrogen-bond donors (Lipinski definition) is 1. The van der Waals surface area contributed by atoms with Crippen molar-refractivity contribution in [1.29, 1.82) is 0 Å². The summed E-state index contributed by atoms with van der Waals surface area (Å²) in [5, 5.41) is 10.4. The highest BCUT2D eigenvalue weighted by atomic mass is 35.5. The molecule has 2 aromatic rings. The van der Waals surface area contributed by atoms with Crippen LogP contribution in [-0.2, 0) is 24.4 Å². The molecule has 0 bridgehead atoms. The Bertz CT molecular complexity index is 642. The molecule has 2 aromatic carbocycles. The van der Waals surface area contributed by atoms with Crippen molar-refractivity contribution in [3.8, 4) is 0 Å². The lowest BCUT2D eigenvalue weighted by molar-refractivity contribution is 0.134. The molecule has 2 nitrogen and oxygen atoms in total. The first-order chi connectivity index (χ1) is 9.65. The molecule has 3 rings (SSSR count). The second-order valence-electron chi connectivity index (χ2n) is 4.95. The Morgan fingerprint density at radius 3 is 2.85 bits per heavy atom. The lowest BCUT2D eigenvalue weighted by Gasteiger charge is -2.13. The molecule has 0 amide bonds. The maximum Gasteiger partial charge on any atom is 0.142 e. The molecule has 1 aliphatic heterocycles. The van der Waals surface area contributed by atoms with Crippen LogP contribution >= 0.6 is 11.6 Å². The number of hydrogen-bond acceptors (Lipinski definition) is 2. The fraction of sp³-hybridized carbons (Fsp3) is 0.250. The van der Waals surface area contributed by atoms with Gasteiger partial charge in [0.2, 0.25) is 0 Å². The van der Waals surface area contributed by atoms with Crippen molar-refractivity contribution in [2.24, 2.45) is 0 Å². The molecule has 104 valence electrons. The molecule has 0 radical (unpaired) electrons. The smallest absolute Gasteiger partial charge is 0.142 e. The van der Waals surface area contributed by atoms with Crippen molar-refractivity contribution >= 4 is 11.6 Å². The number of rotatable bonds is 3. The van der Waals surface area contributed by atoms with Gasteiger partial charge in [-0.15, -0.1) is 0 Å². The van der Waals surface area contributed by atoms with Crippen molar-refractivity contribution in [2.75, 3.05) is 0 Å². The minimum atomic E-state index is -0.708. The second kappa shape index (κ2) is 5.52. The van der Waals surface area contributed by atoms with Crippen LogP contribution in [0.4, 0.5) is 4.39 Å². The van der Waals surface area contributed by atoms with Crippen LogP contribution in [0, 0.1) is 5.82 Å². The molecule has 0 saturated heterocycles. The number of benzene rings is 2. The molecule has 0 aliphatic carbocycles. The third-order valence-corrected chi connectivity index (χ3v) is 4.00. The van der Waals surface area contributed by atoms with E-state index in [0.717, 1.165) is 16.7 Å². The lowest BCUT2D eigenvalue weighted by atomic mass is 9.98. The van der Waals surface area contributed by atoms with Crippen LogP contribution in [-0.4, -0.2) is 5.11 Å². The Kier molecular flexibility index (Phi) is 3.74. The third-order valence-electron chi connectivity index (χ3n) is 3.58. The summed E-state index contributed by atoms with van der Waals surface area (Å²) >= 11 is 5.91. The zero-order valence-corrected chi connectivity index (χ0v) is 11.5. The molecule has 1 atom stereocenters. The van der Waals surface area contributed by atoms with E-state index in [4.69, 9.17) is 16.3 Å². The highest BCUT2D eigenvalue weighted by Gasteiger charge is 2.16. The first kappa shape index (κ1) is 13.6. The summed E-state index contributed by atoms with van der Waals surface area (Å²) in [7, 11) is 0. The molecule has 1 unspecified atom stereocenters. The van der Waals surface area contributed by atoms with Gasteiger partial charge in [-0.3, -0.25) is 0 Å². The molecule has 20 heavy (non-hydrogen) atoms. The van der Waals surface area contributed by atoms with E-state index in [1.54, 1.807) is 12.1 Å². The average Bonchev–Trinajstić information content (AvgIpc) is 2.91. The first-order valence-corrected chi connectivity index (χ1v) is 6.83. The predicted octanol–water partition coefficient (Wildman–Crippen LogP) is 3.79. The topological polar surface area (TPSA) is 29.5 Å². The van der Waals surface area contributed by atoms with Crippen LogP contribution in [0.25, 0.3) is 0 Å². The van der Waals surface area contributed by atoms with Crippen molar-refractivity contribution in [3.63, 3.8) is 0 Å². The van der Waals surface area contributed by atoms with Crippen molar-refractivity contribution in [2.45, 2.75) is 25.7 Å². The van der Waals surface area contributed by atoms with E-state index in [1.807, 2.05) is 18.2 Å². The van der Waals surface area contributed by atoms with Crippen LogP contribution < -0.4 is 0 Å². The van der Waals surface area contributed by atoms with Crippen LogP contribution in [0.3, 0.4) is 0 Å². The summed E-state index contributed by atoms with van der Waals surface area (Å²) in [4.78, 5) is 0. The van der Waals surface area contributed by atoms with Gasteiger partial charge >= 0.3 is 0 Å². The van der Waals surface area contributed by atoms with Crippen molar-refractivity contribution < 1.29 is 14.2 Å². The van der Waals surface area contributed by atoms with Gasteiger partial charge in [0, 0.05) is 6.42 Å². The molecule has 1 aliphatic rings. The first-order valence-electron chi connectivity index (χ1n) is 6.45. The van der Waals surface area contributed by atoms with E-state index in [2.05, 4.69) is 0 Å². The maximum absolute atomic E-state index is 13.4. The van der Waals surface area contributed by atoms with E-state index in [0.29, 0.717) is 18.8 Å². The summed E-state index contributed by atoms with van der Waals surface area (Å²) in [5.41, 5.74) is 3.67. The highest BCUT2D eigenvalue weighted by Crippen LogP contribution is 2.28. The van der Waals surface area contributed by atoms with Gasteiger partial charge < -0.3 is 9.84 Å². The molecule has 4 heteroatoms. The largest absolute Gasteiger partial charge is 0.388 e. The Labute approximate surface area is 121 Å². The van der Waals surface area contributed by atoms with E-state index in [9.17, 15) is 9.50 Å². The fourth-order valence-electron chi connectivity index (χ4n) is 2.43. The molecule has 1 N–H and O–H groups in total. The Hall–Kier alpha value is -1.42. The van der Waals surface area contributed by atoms with Gasteiger partial charge in [-0.25, -0.2) is 4.39 Å². The van der Waals surface area contributed by atoms with Gasteiger partial charge in [-0.05, 0) is 28.3 Å². The normalized spacial score (nSPS) is 15.2. The van der Waals surface area contributed by atoms with Crippen molar-refractivity contribution in [3.05, 3.63) is 69.5 Å². The van der Waals surface area contributed by atoms with E-state index < -0.39 is 11.9 Å². The summed E-state index contributed by atoms with van der Waals surface area (Å²) < 4.78 is 18.7. The van der Waals surface area contributed by atoms with Gasteiger partial charge in [0.1, 0.15) is 5.82 Å². The molecule has 0 spiro atoms. The van der Waals surface area contributed by atoms with Gasteiger partial charge in [0.25, 0.3) is 0 Å². The molecule has 0 fully saturated rings.